The van der Waals surface area contributed by atoms with Crippen molar-refractivity contribution in [3.63, 3.8) is 0 Å². The summed E-state index contributed by atoms with van der Waals surface area (Å²) in [6.45, 7) is 3.43. The minimum Gasteiger partial charge on any atom is -0.391 e. The van der Waals surface area contributed by atoms with E-state index in [4.69, 9.17) is 9.47 Å². The SMILES string of the molecule is C=Cc1ccc(CO[C@H]([C@@H]2C[C@H](O)[C@H]3N=C(N(C)C)S[C@H]3O2)C(F)(F)F)cc1. The average molecular weight is 416 g/mol. The summed E-state index contributed by atoms with van der Waals surface area (Å²) in [6.07, 6.45) is -7.61. The molecule has 2 aliphatic rings. The van der Waals surface area contributed by atoms with Crippen LogP contribution in [0.3, 0.4) is 0 Å². The third-order valence-corrected chi connectivity index (χ3v) is 5.93. The van der Waals surface area contributed by atoms with Gasteiger partial charge >= 0.3 is 6.18 Å². The minimum atomic E-state index is -4.62. The first kappa shape index (κ1) is 21.2. The van der Waals surface area contributed by atoms with Crippen molar-refractivity contribution in [2.75, 3.05) is 14.1 Å². The first-order valence-electron chi connectivity index (χ1n) is 8.84. The summed E-state index contributed by atoms with van der Waals surface area (Å²) in [5, 5.41) is 11.0. The van der Waals surface area contributed by atoms with Crippen molar-refractivity contribution in [1.82, 2.24) is 4.90 Å². The highest BCUT2D eigenvalue weighted by molar-refractivity contribution is 8.14. The maximum atomic E-state index is 13.7. The normalized spacial score (nSPS) is 28.4. The molecule has 0 aromatic heterocycles. The van der Waals surface area contributed by atoms with Crippen LogP contribution in [0.15, 0.2) is 35.8 Å². The number of benzene rings is 1. The first-order chi connectivity index (χ1) is 13.2. The van der Waals surface area contributed by atoms with E-state index in [2.05, 4.69) is 11.6 Å². The van der Waals surface area contributed by atoms with Gasteiger partial charge in [-0.3, -0.25) is 4.99 Å². The van der Waals surface area contributed by atoms with Crippen LogP contribution in [0.25, 0.3) is 6.08 Å². The fourth-order valence-electron chi connectivity index (χ4n) is 3.14. The van der Waals surface area contributed by atoms with Gasteiger partial charge in [-0.2, -0.15) is 13.2 Å². The van der Waals surface area contributed by atoms with Gasteiger partial charge in [-0.05, 0) is 11.1 Å². The second-order valence-corrected chi connectivity index (χ2v) is 8.04. The van der Waals surface area contributed by atoms with Crippen LogP contribution in [0.4, 0.5) is 13.2 Å². The number of halogens is 3. The van der Waals surface area contributed by atoms with Crippen molar-refractivity contribution in [3.05, 3.63) is 42.0 Å². The molecule has 2 heterocycles. The van der Waals surface area contributed by atoms with E-state index < -0.39 is 36.0 Å². The molecule has 0 amide bonds. The smallest absolute Gasteiger partial charge is 0.391 e. The molecule has 0 radical (unpaired) electrons. The van der Waals surface area contributed by atoms with Gasteiger partial charge < -0.3 is 19.5 Å². The van der Waals surface area contributed by atoms with Crippen molar-refractivity contribution in [1.29, 1.82) is 0 Å². The highest BCUT2D eigenvalue weighted by atomic mass is 32.2. The summed E-state index contributed by atoms with van der Waals surface area (Å²) in [6, 6.07) is 6.34. The second-order valence-electron chi connectivity index (χ2n) is 6.98. The number of fused-ring (bicyclic) bond motifs is 1. The molecule has 1 fully saturated rings. The van der Waals surface area contributed by atoms with Gasteiger partial charge in [-0.25, -0.2) is 0 Å². The zero-order valence-electron chi connectivity index (χ0n) is 15.6. The second kappa shape index (κ2) is 8.44. The summed E-state index contributed by atoms with van der Waals surface area (Å²) >= 11 is 1.22. The van der Waals surface area contributed by atoms with Crippen LogP contribution >= 0.6 is 11.8 Å². The van der Waals surface area contributed by atoms with Gasteiger partial charge in [0.1, 0.15) is 11.5 Å². The number of thioether (sulfide) groups is 1. The van der Waals surface area contributed by atoms with Gasteiger partial charge in [-0.15, -0.1) is 0 Å². The lowest BCUT2D eigenvalue weighted by Gasteiger charge is -2.38. The molecule has 0 bridgehead atoms. The summed E-state index contributed by atoms with van der Waals surface area (Å²) in [5.74, 6) is 0. The Labute approximate surface area is 166 Å². The van der Waals surface area contributed by atoms with E-state index in [1.165, 1.54) is 11.8 Å². The number of hydrogen-bond acceptors (Lipinski definition) is 6. The Bertz CT molecular complexity index is 724. The monoisotopic (exact) mass is 416 g/mol. The van der Waals surface area contributed by atoms with E-state index >= 15 is 0 Å². The molecule has 5 atom stereocenters. The number of nitrogens with zero attached hydrogens (tertiary/aromatic N) is 2. The standard InChI is InChI=1S/C19H23F3N2O3S/c1-4-11-5-7-12(8-6-11)10-26-16(19(20,21)22)14-9-13(25)15-17(27-14)28-18(23-15)24(2)3/h4-8,13-17,25H,1,9-10H2,2-3H3/t13-,14-,15+,16+,17+/m0/s1. The molecule has 0 unspecified atom stereocenters. The number of rotatable bonds is 5. The van der Waals surface area contributed by atoms with E-state index in [-0.39, 0.29) is 13.0 Å². The minimum absolute atomic E-state index is 0.189. The lowest BCUT2D eigenvalue weighted by molar-refractivity contribution is -0.267. The third kappa shape index (κ3) is 4.71. The van der Waals surface area contributed by atoms with Gasteiger partial charge in [0.25, 0.3) is 0 Å². The quantitative estimate of drug-likeness (QED) is 0.799. The van der Waals surface area contributed by atoms with Crippen LogP contribution in [0.2, 0.25) is 0 Å². The van der Waals surface area contributed by atoms with E-state index in [1.54, 1.807) is 49.3 Å². The number of aliphatic hydroxyl groups is 1. The van der Waals surface area contributed by atoms with Crippen LogP contribution < -0.4 is 0 Å². The van der Waals surface area contributed by atoms with Crippen LogP contribution in [0, 0.1) is 0 Å². The number of amidine groups is 1. The highest BCUT2D eigenvalue weighted by Crippen LogP contribution is 2.40. The Kier molecular flexibility index (Phi) is 6.38. The molecule has 0 spiro atoms. The van der Waals surface area contributed by atoms with Gasteiger partial charge in [0.15, 0.2) is 11.3 Å². The van der Waals surface area contributed by atoms with E-state index in [1.807, 2.05) is 0 Å². The van der Waals surface area contributed by atoms with E-state index in [0.29, 0.717) is 10.7 Å². The number of aliphatic imine (C=N–C) groups is 1. The van der Waals surface area contributed by atoms with Crippen LogP contribution in [0.5, 0.6) is 0 Å². The molecule has 5 nitrogen and oxygen atoms in total. The molecule has 28 heavy (non-hydrogen) atoms. The van der Waals surface area contributed by atoms with Gasteiger partial charge in [0.05, 0.1) is 18.8 Å². The van der Waals surface area contributed by atoms with E-state index in [0.717, 1.165) is 5.56 Å². The van der Waals surface area contributed by atoms with Crippen molar-refractivity contribution in [2.24, 2.45) is 4.99 Å². The Morgan fingerprint density at radius 1 is 1.39 bits per heavy atom. The van der Waals surface area contributed by atoms with Crippen molar-refractivity contribution in [2.45, 2.75) is 49.0 Å². The van der Waals surface area contributed by atoms with Crippen molar-refractivity contribution >= 4 is 23.0 Å². The predicted octanol–water partition coefficient (Wildman–Crippen LogP) is 3.29. The van der Waals surface area contributed by atoms with Crippen molar-refractivity contribution < 1.29 is 27.8 Å². The number of hydrogen-bond donors (Lipinski definition) is 1. The maximum Gasteiger partial charge on any atom is 0.417 e. The largest absolute Gasteiger partial charge is 0.417 e. The van der Waals surface area contributed by atoms with Crippen LogP contribution in [-0.2, 0) is 16.1 Å². The molecule has 1 saturated heterocycles. The molecule has 154 valence electrons. The molecule has 1 N–H and O–H groups in total. The highest BCUT2D eigenvalue weighted by Gasteiger charge is 2.53. The summed E-state index contributed by atoms with van der Waals surface area (Å²) < 4.78 is 51.9. The maximum absolute atomic E-state index is 13.7. The van der Waals surface area contributed by atoms with Crippen molar-refractivity contribution in [3.8, 4) is 0 Å². The lowest BCUT2D eigenvalue weighted by atomic mass is 9.97. The first-order valence-corrected chi connectivity index (χ1v) is 9.72. The zero-order chi connectivity index (χ0) is 20.5. The fourth-order valence-corrected chi connectivity index (χ4v) is 4.32. The summed E-state index contributed by atoms with van der Waals surface area (Å²) in [4.78, 5) is 6.11. The van der Waals surface area contributed by atoms with Gasteiger partial charge in [0.2, 0.25) is 0 Å². The lowest BCUT2D eigenvalue weighted by Crippen LogP contribution is -2.53. The van der Waals surface area contributed by atoms with Gasteiger partial charge in [-0.1, -0.05) is 48.7 Å². The number of aliphatic hydroxyl groups excluding tert-OH is 1. The fraction of sp³-hybridized carbons (Fsp3) is 0.526. The molecule has 1 aromatic carbocycles. The zero-order valence-corrected chi connectivity index (χ0v) is 16.4. The predicted molar refractivity (Wildman–Crippen MR) is 103 cm³/mol. The molecule has 3 rings (SSSR count). The molecule has 2 aliphatic heterocycles. The molecule has 0 saturated carbocycles. The summed E-state index contributed by atoms with van der Waals surface area (Å²) in [5.41, 5.74) is 0.824. The van der Waals surface area contributed by atoms with Crippen LogP contribution in [0.1, 0.15) is 17.5 Å². The Morgan fingerprint density at radius 3 is 2.64 bits per heavy atom. The Balaban J connectivity index is 1.69. The molecular formula is C19H23F3N2O3S. The van der Waals surface area contributed by atoms with Crippen LogP contribution in [-0.4, -0.2) is 65.2 Å². The Morgan fingerprint density at radius 2 is 2.07 bits per heavy atom. The molecule has 0 aliphatic carbocycles. The third-order valence-electron chi connectivity index (χ3n) is 4.62. The Hall–Kier alpha value is -1.55. The number of alkyl halides is 3. The molecule has 1 aromatic rings. The van der Waals surface area contributed by atoms with E-state index in [9.17, 15) is 18.3 Å². The van der Waals surface area contributed by atoms with Gasteiger partial charge in [0, 0.05) is 20.5 Å². The molecule has 9 heteroatoms. The number of ether oxygens (including phenoxy) is 2. The summed E-state index contributed by atoms with van der Waals surface area (Å²) in [7, 11) is 3.57. The topological polar surface area (TPSA) is 54.3 Å². The average Bonchev–Trinajstić information content (AvgIpc) is 3.06. The molecular weight excluding hydrogens is 393 g/mol.